The Kier molecular flexibility index (Phi) is 6.53. The van der Waals surface area contributed by atoms with Gasteiger partial charge >= 0.3 is 11.9 Å². The molecule has 34 heavy (non-hydrogen) atoms. The van der Waals surface area contributed by atoms with Crippen LogP contribution in [0.5, 0.6) is 0 Å². The van der Waals surface area contributed by atoms with Crippen molar-refractivity contribution in [1.29, 1.82) is 0 Å². The molecule has 2 heterocycles. The number of aromatic amines is 1. The van der Waals surface area contributed by atoms with Crippen molar-refractivity contribution in [2.24, 2.45) is 0 Å². The molecule has 180 valence electrons. The molecule has 1 aliphatic heterocycles. The molecule has 1 aliphatic carbocycles. The van der Waals surface area contributed by atoms with Crippen LogP contribution >= 0.6 is 0 Å². The van der Waals surface area contributed by atoms with E-state index < -0.39 is 23.9 Å². The van der Waals surface area contributed by atoms with Gasteiger partial charge in [0.25, 0.3) is 11.5 Å². The Bertz CT molecular complexity index is 1190. The monoisotopic (exact) mass is 469 g/mol. The number of anilines is 2. The van der Waals surface area contributed by atoms with Crippen LogP contribution in [0.4, 0.5) is 11.6 Å². The van der Waals surface area contributed by atoms with E-state index in [1.54, 1.807) is 12.1 Å². The van der Waals surface area contributed by atoms with Crippen molar-refractivity contribution in [3.8, 4) is 0 Å². The zero-order chi connectivity index (χ0) is 24.4. The van der Waals surface area contributed by atoms with Crippen LogP contribution in [0.2, 0.25) is 0 Å². The van der Waals surface area contributed by atoms with Gasteiger partial charge in [0.1, 0.15) is 6.04 Å². The fourth-order valence-corrected chi connectivity index (χ4v) is 4.83. The Labute approximate surface area is 195 Å². The van der Waals surface area contributed by atoms with E-state index in [-0.39, 0.29) is 30.3 Å². The summed E-state index contributed by atoms with van der Waals surface area (Å²) in [6.45, 7) is 1.54. The highest BCUT2D eigenvalue weighted by Gasteiger charge is 2.29. The van der Waals surface area contributed by atoms with E-state index in [2.05, 4.69) is 20.2 Å². The van der Waals surface area contributed by atoms with Gasteiger partial charge in [-0.1, -0.05) is 0 Å². The number of nitrogens with one attached hydrogen (secondary N) is 2. The van der Waals surface area contributed by atoms with Crippen molar-refractivity contribution in [2.75, 3.05) is 23.7 Å². The Morgan fingerprint density at radius 3 is 2.79 bits per heavy atom. The number of carboxylic acid groups (broad SMARTS) is 2. The second-order valence-electron chi connectivity index (χ2n) is 8.71. The number of H-pyrrole nitrogens is 1. The first kappa shape index (κ1) is 23.3. The van der Waals surface area contributed by atoms with Crippen LogP contribution < -0.4 is 21.5 Å². The van der Waals surface area contributed by atoms with Gasteiger partial charge in [-0.05, 0) is 61.8 Å². The van der Waals surface area contributed by atoms with E-state index in [1.165, 1.54) is 0 Å². The molecular formula is C23H27N5O6. The number of aryl methyl sites for hydroxylation is 1. The summed E-state index contributed by atoms with van der Waals surface area (Å²) in [7, 11) is 0. The molecule has 4 rings (SSSR count). The molecule has 0 bridgehead atoms. The van der Waals surface area contributed by atoms with Gasteiger partial charge in [0.05, 0.1) is 5.69 Å². The summed E-state index contributed by atoms with van der Waals surface area (Å²) in [6, 6.07) is 3.98. The van der Waals surface area contributed by atoms with Gasteiger partial charge in [0.15, 0.2) is 0 Å². The first-order valence-corrected chi connectivity index (χ1v) is 11.2. The quantitative estimate of drug-likeness (QED) is 0.356. The number of hydrogen-bond acceptors (Lipinski definition) is 7. The summed E-state index contributed by atoms with van der Waals surface area (Å²) in [6.07, 6.45) is 2.61. The average molecular weight is 469 g/mol. The average Bonchev–Trinajstić information content (AvgIpc) is 3.38. The smallest absolute Gasteiger partial charge is 0.326 e. The van der Waals surface area contributed by atoms with Crippen molar-refractivity contribution < 1.29 is 24.6 Å². The molecule has 0 saturated carbocycles. The van der Waals surface area contributed by atoms with E-state index in [0.717, 1.165) is 61.3 Å². The van der Waals surface area contributed by atoms with Crippen LogP contribution in [0.1, 0.15) is 58.8 Å². The fraction of sp³-hybridized carbons (Fsp3) is 0.435. The van der Waals surface area contributed by atoms with Gasteiger partial charge in [-0.25, -0.2) is 9.78 Å². The highest BCUT2D eigenvalue weighted by Crippen LogP contribution is 2.34. The number of fused-ring (bicyclic) bond motifs is 2. The highest BCUT2D eigenvalue weighted by atomic mass is 16.4. The molecular weight excluding hydrogens is 442 g/mol. The number of hydrogen-bond donors (Lipinski definition) is 5. The largest absolute Gasteiger partial charge is 0.481 e. The molecule has 2 aliphatic rings. The van der Waals surface area contributed by atoms with Gasteiger partial charge in [-0.3, -0.25) is 19.4 Å². The van der Waals surface area contributed by atoms with E-state index in [9.17, 15) is 24.3 Å². The summed E-state index contributed by atoms with van der Waals surface area (Å²) in [5.74, 6) is -2.67. The minimum absolute atomic E-state index is 0.125. The topological polar surface area (TPSA) is 179 Å². The molecule has 11 nitrogen and oxygen atoms in total. The number of carboxylic acids is 2. The van der Waals surface area contributed by atoms with Crippen LogP contribution in [-0.4, -0.2) is 57.2 Å². The van der Waals surface area contributed by atoms with Gasteiger partial charge in [0.2, 0.25) is 5.95 Å². The molecule has 1 unspecified atom stereocenters. The number of nitrogens with zero attached hydrogens (tertiary/aromatic N) is 2. The zero-order valence-electron chi connectivity index (χ0n) is 18.5. The van der Waals surface area contributed by atoms with E-state index in [4.69, 9.17) is 10.8 Å². The summed E-state index contributed by atoms with van der Waals surface area (Å²) >= 11 is 0. The van der Waals surface area contributed by atoms with Crippen molar-refractivity contribution in [3.63, 3.8) is 0 Å². The van der Waals surface area contributed by atoms with Gasteiger partial charge in [-0.2, -0.15) is 0 Å². The van der Waals surface area contributed by atoms with Crippen LogP contribution in [0.25, 0.3) is 0 Å². The molecule has 0 spiro atoms. The summed E-state index contributed by atoms with van der Waals surface area (Å²) in [5.41, 5.74) is 9.34. The number of nitrogen functional groups attached to an aromatic ring is 1. The van der Waals surface area contributed by atoms with Crippen molar-refractivity contribution in [1.82, 2.24) is 15.3 Å². The van der Waals surface area contributed by atoms with E-state index in [1.807, 2.05) is 6.07 Å². The maximum atomic E-state index is 12.6. The summed E-state index contributed by atoms with van der Waals surface area (Å²) < 4.78 is 0. The first-order valence-electron chi connectivity index (χ1n) is 11.2. The molecule has 6 N–H and O–H groups in total. The maximum absolute atomic E-state index is 12.6. The molecule has 11 heteroatoms. The molecule has 2 atom stereocenters. The van der Waals surface area contributed by atoms with Crippen molar-refractivity contribution in [3.05, 3.63) is 50.9 Å². The Balaban J connectivity index is 1.39. The van der Waals surface area contributed by atoms with E-state index >= 15 is 0 Å². The minimum Gasteiger partial charge on any atom is -0.481 e. The number of carbonyl (C=O) groups is 3. The number of nitrogens with two attached hydrogens (primary N) is 1. The van der Waals surface area contributed by atoms with E-state index in [0.29, 0.717) is 5.56 Å². The lowest BCUT2D eigenvalue weighted by Crippen LogP contribution is -2.41. The number of amides is 1. The predicted octanol–water partition coefficient (Wildman–Crippen LogP) is 0.882. The van der Waals surface area contributed by atoms with Crippen LogP contribution in [-0.2, 0) is 22.4 Å². The molecule has 1 aromatic heterocycles. The van der Waals surface area contributed by atoms with Gasteiger partial charge < -0.3 is 26.2 Å². The molecule has 1 aromatic carbocycles. The molecule has 1 amide bonds. The Hall–Kier alpha value is -3.89. The number of carbonyl (C=O) groups excluding carboxylic acids is 1. The number of aliphatic carboxylic acids is 2. The summed E-state index contributed by atoms with van der Waals surface area (Å²) in [4.78, 5) is 56.1. The van der Waals surface area contributed by atoms with Crippen LogP contribution in [0, 0.1) is 0 Å². The third-order valence-corrected chi connectivity index (χ3v) is 6.52. The normalized spacial score (nSPS) is 17.2. The maximum Gasteiger partial charge on any atom is 0.326 e. The second-order valence-corrected chi connectivity index (χ2v) is 8.71. The lowest BCUT2D eigenvalue weighted by molar-refractivity contribution is -0.140. The Morgan fingerprint density at radius 1 is 1.26 bits per heavy atom. The highest BCUT2D eigenvalue weighted by molar-refractivity contribution is 5.97. The number of benzene rings is 1. The van der Waals surface area contributed by atoms with Gasteiger partial charge in [-0.15, -0.1) is 0 Å². The third kappa shape index (κ3) is 4.87. The van der Waals surface area contributed by atoms with Crippen LogP contribution in [0.3, 0.4) is 0 Å². The van der Waals surface area contributed by atoms with Crippen molar-refractivity contribution >= 4 is 29.5 Å². The fourth-order valence-electron chi connectivity index (χ4n) is 4.83. The Morgan fingerprint density at radius 2 is 2.06 bits per heavy atom. The predicted molar refractivity (Wildman–Crippen MR) is 123 cm³/mol. The SMILES string of the molecule is Nc1nc2c(c(=O)[nH]1)C(CCN1CCc3cc(C(=O)N[C@@H](CCC(=O)O)C(=O)O)ccc31)CC2. The molecule has 2 aromatic rings. The lowest BCUT2D eigenvalue weighted by Gasteiger charge is -2.22. The minimum atomic E-state index is -1.27. The first-order chi connectivity index (χ1) is 16.2. The zero-order valence-corrected chi connectivity index (χ0v) is 18.5. The number of aromatic nitrogens is 2. The molecule has 0 saturated heterocycles. The van der Waals surface area contributed by atoms with Crippen LogP contribution in [0.15, 0.2) is 23.0 Å². The molecule has 0 fully saturated rings. The second kappa shape index (κ2) is 9.54. The third-order valence-electron chi connectivity index (χ3n) is 6.52. The standard InChI is InChI=1S/C23H27N5O6/c24-23-26-15-3-1-12(19(15)21(32)27-23)7-9-28-10-8-13-11-14(2-5-17(13)28)20(31)25-16(22(33)34)4-6-18(29)30/h2,5,11-12,16H,1,3-4,6-10H2,(H,25,31)(H,29,30)(H,33,34)(H3,24,26,27,32)/t12?,16-/m0/s1. The lowest BCUT2D eigenvalue weighted by atomic mass is 9.99. The molecule has 0 radical (unpaired) electrons. The van der Waals surface area contributed by atoms with Gasteiger partial charge in [0, 0.05) is 36.3 Å². The number of rotatable bonds is 9. The summed E-state index contributed by atoms with van der Waals surface area (Å²) in [5, 5.41) is 20.5. The van der Waals surface area contributed by atoms with Crippen molar-refractivity contribution in [2.45, 2.75) is 50.5 Å².